The van der Waals surface area contributed by atoms with E-state index in [0.717, 1.165) is 18.9 Å². The summed E-state index contributed by atoms with van der Waals surface area (Å²) >= 11 is 0. The highest BCUT2D eigenvalue weighted by Crippen LogP contribution is 2.18. The lowest BCUT2D eigenvalue weighted by Crippen LogP contribution is -2.56. The highest BCUT2D eigenvalue weighted by molar-refractivity contribution is 5.53. The average Bonchev–Trinajstić information content (AvgIpc) is 2.15. The second kappa shape index (κ2) is 3.64. The highest BCUT2D eigenvalue weighted by Gasteiger charge is 2.23. The summed E-state index contributed by atoms with van der Waals surface area (Å²) in [6.07, 6.45) is 1.72. The van der Waals surface area contributed by atoms with Crippen molar-refractivity contribution in [3.63, 3.8) is 0 Å². The summed E-state index contributed by atoms with van der Waals surface area (Å²) in [6, 6.07) is 6.21. The maximum absolute atomic E-state index is 8.91. The zero-order valence-corrected chi connectivity index (χ0v) is 8.07. The van der Waals surface area contributed by atoms with Crippen molar-refractivity contribution in [1.82, 2.24) is 10.3 Å². The van der Waals surface area contributed by atoms with E-state index in [0.29, 0.717) is 11.6 Å². The number of hydrogen-bond donors (Lipinski definition) is 1. The number of rotatable bonds is 2. The van der Waals surface area contributed by atoms with Crippen molar-refractivity contribution < 1.29 is 0 Å². The Labute approximate surface area is 83.2 Å². The molecule has 0 saturated carbocycles. The Balaban J connectivity index is 2.26. The first kappa shape index (κ1) is 8.97. The fourth-order valence-electron chi connectivity index (χ4n) is 1.49. The number of nitrogens with zero attached hydrogens (tertiary/aromatic N) is 3. The summed E-state index contributed by atoms with van der Waals surface area (Å²) in [5.74, 6) is 0.779. The molecule has 1 fully saturated rings. The molecule has 1 aliphatic heterocycles. The van der Waals surface area contributed by atoms with Crippen molar-refractivity contribution in [3.05, 3.63) is 23.9 Å². The topological polar surface area (TPSA) is 52.0 Å². The summed E-state index contributed by atoms with van der Waals surface area (Å²) in [5, 5.41) is 12.1. The highest BCUT2D eigenvalue weighted by atomic mass is 15.3. The van der Waals surface area contributed by atoms with E-state index in [1.54, 1.807) is 18.3 Å². The van der Waals surface area contributed by atoms with Gasteiger partial charge in [-0.25, -0.2) is 4.98 Å². The Morgan fingerprint density at radius 2 is 2.43 bits per heavy atom. The minimum absolute atomic E-state index is 0.469. The smallest absolute Gasteiger partial charge is 0.146 e. The number of anilines is 1. The molecule has 2 heterocycles. The number of hydrogen-bond acceptors (Lipinski definition) is 4. The quantitative estimate of drug-likeness (QED) is 0.728. The fourth-order valence-corrected chi connectivity index (χ4v) is 1.49. The molecule has 14 heavy (non-hydrogen) atoms. The Hall–Kier alpha value is -1.60. The number of nitriles is 1. The first-order valence-electron chi connectivity index (χ1n) is 4.61. The van der Waals surface area contributed by atoms with Crippen LogP contribution in [0.25, 0.3) is 0 Å². The predicted molar refractivity (Wildman–Crippen MR) is 54.0 cm³/mol. The van der Waals surface area contributed by atoms with Gasteiger partial charge >= 0.3 is 0 Å². The SMILES string of the molecule is CN(c1ncccc1C#N)C1CNC1. The average molecular weight is 188 g/mol. The molecule has 1 aromatic heterocycles. The second-order valence-electron chi connectivity index (χ2n) is 3.41. The molecule has 0 aromatic carbocycles. The first-order chi connectivity index (χ1) is 6.83. The number of likely N-dealkylation sites (N-methyl/N-ethyl adjacent to an activating group) is 1. The molecule has 2 rings (SSSR count). The van der Waals surface area contributed by atoms with Gasteiger partial charge in [0, 0.05) is 26.3 Å². The molecule has 0 unspecified atom stereocenters. The van der Waals surface area contributed by atoms with E-state index in [4.69, 9.17) is 5.26 Å². The Kier molecular flexibility index (Phi) is 2.33. The molecule has 4 nitrogen and oxygen atoms in total. The standard InChI is InChI=1S/C10H12N4/c1-14(9-6-12-7-9)10-8(5-11)3-2-4-13-10/h2-4,9,12H,6-7H2,1H3. The number of aromatic nitrogens is 1. The minimum atomic E-state index is 0.469. The maximum Gasteiger partial charge on any atom is 0.146 e. The van der Waals surface area contributed by atoms with Gasteiger partial charge in [0.2, 0.25) is 0 Å². The van der Waals surface area contributed by atoms with Crippen molar-refractivity contribution in [2.45, 2.75) is 6.04 Å². The van der Waals surface area contributed by atoms with Gasteiger partial charge in [-0.2, -0.15) is 5.26 Å². The zero-order chi connectivity index (χ0) is 9.97. The van der Waals surface area contributed by atoms with Crippen LogP contribution in [0.2, 0.25) is 0 Å². The summed E-state index contributed by atoms with van der Waals surface area (Å²) in [4.78, 5) is 6.29. The van der Waals surface area contributed by atoms with Crippen LogP contribution in [-0.2, 0) is 0 Å². The largest absolute Gasteiger partial charge is 0.353 e. The van der Waals surface area contributed by atoms with Gasteiger partial charge in [0.25, 0.3) is 0 Å². The normalized spacial score (nSPS) is 15.7. The van der Waals surface area contributed by atoms with Crippen LogP contribution in [0.1, 0.15) is 5.56 Å². The van der Waals surface area contributed by atoms with E-state index in [1.165, 1.54) is 0 Å². The van der Waals surface area contributed by atoms with E-state index in [1.807, 2.05) is 7.05 Å². The lowest BCUT2D eigenvalue weighted by molar-refractivity contribution is 0.426. The second-order valence-corrected chi connectivity index (χ2v) is 3.41. The van der Waals surface area contributed by atoms with E-state index in [-0.39, 0.29) is 0 Å². The summed E-state index contributed by atoms with van der Waals surface area (Å²) in [7, 11) is 1.98. The molecule has 0 aliphatic carbocycles. The van der Waals surface area contributed by atoms with E-state index >= 15 is 0 Å². The van der Waals surface area contributed by atoms with Gasteiger partial charge < -0.3 is 10.2 Å². The monoisotopic (exact) mass is 188 g/mol. The van der Waals surface area contributed by atoms with Crippen molar-refractivity contribution in [2.75, 3.05) is 25.0 Å². The molecule has 0 amide bonds. The van der Waals surface area contributed by atoms with Gasteiger partial charge in [0.15, 0.2) is 0 Å². The third-order valence-corrected chi connectivity index (χ3v) is 2.55. The van der Waals surface area contributed by atoms with Crippen LogP contribution in [0.5, 0.6) is 0 Å². The number of nitrogens with one attached hydrogen (secondary N) is 1. The molecule has 1 saturated heterocycles. The van der Waals surface area contributed by atoms with Crippen LogP contribution in [-0.4, -0.2) is 31.2 Å². The zero-order valence-electron chi connectivity index (χ0n) is 8.07. The van der Waals surface area contributed by atoms with Crippen LogP contribution in [0, 0.1) is 11.3 Å². The Bertz CT molecular complexity index is 365. The van der Waals surface area contributed by atoms with Gasteiger partial charge in [0.05, 0.1) is 11.6 Å². The maximum atomic E-state index is 8.91. The third kappa shape index (κ3) is 1.42. The number of pyridine rings is 1. The van der Waals surface area contributed by atoms with Crippen LogP contribution in [0.4, 0.5) is 5.82 Å². The summed E-state index contributed by atoms with van der Waals surface area (Å²) in [5.41, 5.74) is 0.641. The van der Waals surface area contributed by atoms with E-state index in [2.05, 4.69) is 21.3 Å². The van der Waals surface area contributed by atoms with Gasteiger partial charge in [-0.1, -0.05) is 0 Å². The molecule has 72 valence electrons. The molecule has 0 atom stereocenters. The van der Waals surface area contributed by atoms with Crippen molar-refractivity contribution in [3.8, 4) is 6.07 Å². The van der Waals surface area contributed by atoms with Gasteiger partial charge in [-0.15, -0.1) is 0 Å². The van der Waals surface area contributed by atoms with E-state index in [9.17, 15) is 0 Å². The van der Waals surface area contributed by atoms with Crippen LogP contribution in [0.15, 0.2) is 18.3 Å². The molecule has 0 spiro atoms. The molecule has 1 aromatic rings. The molecule has 4 heteroatoms. The molecule has 1 N–H and O–H groups in total. The summed E-state index contributed by atoms with van der Waals surface area (Å²) < 4.78 is 0. The lowest BCUT2D eigenvalue weighted by atomic mass is 10.1. The molecular weight excluding hydrogens is 176 g/mol. The predicted octanol–water partition coefficient (Wildman–Crippen LogP) is 0.361. The van der Waals surface area contributed by atoms with Crippen molar-refractivity contribution in [2.24, 2.45) is 0 Å². The minimum Gasteiger partial charge on any atom is -0.353 e. The van der Waals surface area contributed by atoms with Crippen LogP contribution < -0.4 is 10.2 Å². The Morgan fingerprint density at radius 1 is 1.64 bits per heavy atom. The molecular formula is C10H12N4. The molecule has 0 bridgehead atoms. The Morgan fingerprint density at radius 3 is 3.00 bits per heavy atom. The molecule has 0 radical (unpaired) electrons. The van der Waals surface area contributed by atoms with E-state index < -0.39 is 0 Å². The third-order valence-electron chi connectivity index (χ3n) is 2.55. The van der Waals surface area contributed by atoms with Crippen molar-refractivity contribution in [1.29, 1.82) is 5.26 Å². The van der Waals surface area contributed by atoms with Gasteiger partial charge in [0.1, 0.15) is 11.9 Å². The van der Waals surface area contributed by atoms with Crippen LogP contribution in [0.3, 0.4) is 0 Å². The summed E-state index contributed by atoms with van der Waals surface area (Å²) in [6.45, 7) is 1.94. The van der Waals surface area contributed by atoms with Gasteiger partial charge in [-0.3, -0.25) is 0 Å². The lowest BCUT2D eigenvalue weighted by Gasteiger charge is -2.36. The first-order valence-corrected chi connectivity index (χ1v) is 4.61. The van der Waals surface area contributed by atoms with Crippen molar-refractivity contribution >= 4 is 5.82 Å². The fraction of sp³-hybridized carbons (Fsp3) is 0.400. The molecule has 1 aliphatic rings. The van der Waals surface area contributed by atoms with Crippen LogP contribution >= 0.6 is 0 Å². The van der Waals surface area contributed by atoms with Gasteiger partial charge in [-0.05, 0) is 12.1 Å².